The second-order valence-electron chi connectivity index (χ2n) is 6.44. The highest BCUT2D eigenvalue weighted by Gasteiger charge is 2.14. The molecule has 0 spiro atoms. The lowest BCUT2D eigenvalue weighted by Crippen LogP contribution is -2.20. The molecule has 0 saturated carbocycles. The maximum absolute atomic E-state index is 14.1. The van der Waals surface area contributed by atoms with Crippen molar-refractivity contribution in [3.8, 4) is 0 Å². The van der Waals surface area contributed by atoms with Crippen molar-refractivity contribution >= 4 is 34.1 Å². The van der Waals surface area contributed by atoms with Crippen LogP contribution in [0.1, 0.15) is 15.9 Å². The number of halogens is 2. The molecule has 4 aromatic rings. The van der Waals surface area contributed by atoms with Crippen molar-refractivity contribution in [1.29, 1.82) is 0 Å². The Labute approximate surface area is 169 Å². The number of anilines is 2. The van der Waals surface area contributed by atoms with Gasteiger partial charge in [-0.15, -0.1) is 0 Å². The minimum atomic E-state index is -0.701. The predicted octanol–water partition coefficient (Wildman–Crippen LogP) is 4.78. The van der Waals surface area contributed by atoms with E-state index in [1.807, 2.05) is 0 Å². The summed E-state index contributed by atoms with van der Waals surface area (Å²) in [5, 5.41) is 5.56. The molecule has 6 nitrogen and oxygen atoms in total. The normalized spacial score (nSPS) is 10.6. The maximum atomic E-state index is 14.1. The first kappa shape index (κ1) is 19.1. The number of benzene rings is 3. The molecule has 148 valence electrons. The summed E-state index contributed by atoms with van der Waals surface area (Å²) in [6.07, 6.45) is 2.98. The molecule has 4 rings (SSSR count). The first-order valence-electron chi connectivity index (χ1n) is 8.86. The van der Waals surface area contributed by atoms with E-state index in [4.69, 9.17) is 0 Å². The molecule has 0 fully saturated rings. The van der Waals surface area contributed by atoms with Gasteiger partial charge in [-0.1, -0.05) is 6.07 Å². The zero-order valence-electron chi connectivity index (χ0n) is 15.4. The van der Waals surface area contributed by atoms with Gasteiger partial charge in [0.15, 0.2) is 5.78 Å². The van der Waals surface area contributed by atoms with E-state index in [0.717, 1.165) is 18.2 Å². The molecule has 0 saturated heterocycles. The molecule has 1 heterocycles. The van der Waals surface area contributed by atoms with E-state index in [1.165, 1.54) is 30.6 Å². The second-order valence-corrected chi connectivity index (χ2v) is 6.44. The van der Waals surface area contributed by atoms with Crippen molar-refractivity contribution in [2.24, 2.45) is 0 Å². The lowest BCUT2D eigenvalue weighted by molar-refractivity contribution is 0.103. The second kappa shape index (κ2) is 8.04. The van der Waals surface area contributed by atoms with Gasteiger partial charge in [-0.25, -0.2) is 23.5 Å². The summed E-state index contributed by atoms with van der Waals surface area (Å²) in [5.41, 5.74) is 1.39. The number of amides is 2. The lowest BCUT2D eigenvalue weighted by Gasteiger charge is -2.10. The number of ketones is 1. The molecule has 0 aliphatic heterocycles. The van der Waals surface area contributed by atoms with Gasteiger partial charge in [0.2, 0.25) is 0 Å². The molecule has 0 atom stereocenters. The van der Waals surface area contributed by atoms with Crippen LogP contribution in [-0.2, 0) is 0 Å². The first-order valence-corrected chi connectivity index (χ1v) is 8.86. The third-order valence-corrected chi connectivity index (χ3v) is 4.27. The number of nitrogens with one attached hydrogen (secondary N) is 2. The van der Waals surface area contributed by atoms with Gasteiger partial charge < -0.3 is 10.6 Å². The van der Waals surface area contributed by atoms with Crippen molar-refractivity contribution < 1.29 is 18.4 Å². The molecule has 0 radical (unpaired) electrons. The van der Waals surface area contributed by atoms with Crippen LogP contribution in [0.3, 0.4) is 0 Å². The van der Waals surface area contributed by atoms with Crippen molar-refractivity contribution in [3.63, 3.8) is 0 Å². The molecule has 0 aliphatic carbocycles. The number of hydrogen-bond donors (Lipinski definition) is 2. The summed E-state index contributed by atoms with van der Waals surface area (Å²) in [7, 11) is 0. The predicted molar refractivity (Wildman–Crippen MR) is 108 cm³/mol. The van der Waals surface area contributed by atoms with Crippen LogP contribution in [0.4, 0.5) is 25.0 Å². The van der Waals surface area contributed by atoms with Gasteiger partial charge in [-0.3, -0.25) is 4.79 Å². The van der Waals surface area contributed by atoms with Crippen LogP contribution >= 0.6 is 0 Å². The average Bonchev–Trinajstić information content (AvgIpc) is 2.72. The van der Waals surface area contributed by atoms with E-state index in [0.29, 0.717) is 16.5 Å². The smallest absolute Gasteiger partial charge is 0.308 e. The molecule has 8 heteroatoms. The Balaban J connectivity index is 1.56. The van der Waals surface area contributed by atoms with Crippen molar-refractivity contribution in [1.82, 2.24) is 9.97 Å². The van der Waals surface area contributed by atoms with Crippen molar-refractivity contribution in [2.45, 2.75) is 0 Å². The molecule has 0 bridgehead atoms. The topological polar surface area (TPSA) is 84.0 Å². The number of rotatable bonds is 4. The van der Waals surface area contributed by atoms with Gasteiger partial charge in [0, 0.05) is 34.1 Å². The van der Waals surface area contributed by atoms with Crippen LogP contribution in [0.25, 0.3) is 10.9 Å². The fraction of sp³-hybridized carbons (Fsp3) is 0. The Morgan fingerprint density at radius 2 is 1.60 bits per heavy atom. The van der Waals surface area contributed by atoms with E-state index in [1.54, 1.807) is 24.4 Å². The molecule has 2 amide bonds. The van der Waals surface area contributed by atoms with Gasteiger partial charge >= 0.3 is 6.03 Å². The monoisotopic (exact) mass is 404 g/mol. The van der Waals surface area contributed by atoms with Crippen molar-refractivity contribution in [3.05, 3.63) is 95.9 Å². The fourth-order valence-electron chi connectivity index (χ4n) is 2.95. The Bertz CT molecular complexity index is 1280. The molecule has 0 aliphatic rings. The summed E-state index contributed by atoms with van der Waals surface area (Å²) >= 11 is 0. The quantitative estimate of drug-likeness (QED) is 0.480. The number of hydrogen-bond acceptors (Lipinski definition) is 4. The Morgan fingerprint density at radius 1 is 0.800 bits per heavy atom. The van der Waals surface area contributed by atoms with Crippen LogP contribution in [0.5, 0.6) is 0 Å². The van der Waals surface area contributed by atoms with Gasteiger partial charge in [0.25, 0.3) is 0 Å². The van der Waals surface area contributed by atoms with Gasteiger partial charge in [0.05, 0.1) is 5.52 Å². The Kier molecular flexibility index (Phi) is 5.13. The van der Waals surface area contributed by atoms with Crippen LogP contribution in [0, 0.1) is 11.6 Å². The summed E-state index contributed by atoms with van der Waals surface area (Å²) in [5.74, 6) is -1.62. The van der Waals surface area contributed by atoms with Gasteiger partial charge in [0.1, 0.15) is 18.0 Å². The van der Waals surface area contributed by atoms with E-state index < -0.39 is 23.4 Å². The summed E-state index contributed by atoms with van der Waals surface area (Å²) in [4.78, 5) is 33.0. The van der Waals surface area contributed by atoms with Gasteiger partial charge in [-0.2, -0.15) is 0 Å². The van der Waals surface area contributed by atoms with Crippen molar-refractivity contribution in [2.75, 3.05) is 10.6 Å². The average molecular weight is 404 g/mol. The van der Waals surface area contributed by atoms with Crippen LogP contribution in [0.2, 0.25) is 0 Å². The third-order valence-electron chi connectivity index (χ3n) is 4.27. The molecular weight excluding hydrogens is 390 g/mol. The number of carbonyl (C=O) groups excluding carboxylic acids is 2. The highest BCUT2D eigenvalue weighted by atomic mass is 19.1. The maximum Gasteiger partial charge on any atom is 0.323 e. The van der Waals surface area contributed by atoms with E-state index in [9.17, 15) is 18.4 Å². The zero-order chi connectivity index (χ0) is 21.1. The first-order chi connectivity index (χ1) is 14.5. The zero-order valence-corrected chi connectivity index (χ0v) is 15.4. The largest absolute Gasteiger partial charge is 0.323 e. The van der Waals surface area contributed by atoms with Crippen LogP contribution in [-0.4, -0.2) is 21.8 Å². The molecule has 3 aromatic carbocycles. The molecule has 1 aromatic heterocycles. The minimum absolute atomic E-state index is 0.0623. The number of aromatic nitrogens is 2. The third kappa shape index (κ3) is 4.27. The van der Waals surface area contributed by atoms with Gasteiger partial charge in [-0.05, 0) is 54.6 Å². The highest BCUT2D eigenvalue weighted by Crippen LogP contribution is 2.20. The highest BCUT2D eigenvalue weighted by molar-refractivity contribution is 6.11. The molecule has 30 heavy (non-hydrogen) atoms. The SMILES string of the molecule is O=C(Nc1cccc(F)c1)Nc1cc(F)cc(C(=O)c2ccc3ncncc3c2)c1. The van der Waals surface area contributed by atoms with Crippen LogP contribution in [0.15, 0.2) is 73.2 Å². The number of carbonyl (C=O) groups is 2. The Morgan fingerprint density at radius 3 is 2.43 bits per heavy atom. The Hall–Kier alpha value is -4.20. The van der Waals surface area contributed by atoms with E-state index in [-0.39, 0.29) is 16.9 Å². The minimum Gasteiger partial charge on any atom is -0.308 e. The standard InChI is InChI=1S/C22H14F2N4O2/c23-16-2-1-3-18(9-16)27-22(30)28-19-8-14(7-17(24)10-19)21(29)13-4-5-20-15(6-13)11-25-12-26-20/h1-12H,(H2,27,28,30). The van der Waals surface area contributed by atoms with E-state index >= 15 is 0 Å². The summed E-state index contributed by atoms with van der Waals surface area (Å²) < 4.78 is 27.3. The fourth-order valence-corrected chi connectivity index (χ4v) is 2.95. The lowest BCUT2D eigenvalue weighted by atomic mass is 10.0. The van der Waals surface area contributed by atoms with Crippen LogP contribution < -0.4 is 10.6 Å². The molecule has 0 unspecified atom stereocenters. The number of urea groups is 1. The number of fused-ring (bicyclic) bond motifs is 1. The summed E-state index contributed by atoms with van der Waals surface area (Å²) in [6.45, 7) is 0. The van der Waals surface area contributed by atoms with E-state index in [2.05, 4.69) is 20.6 Å². The molecular formula is C22H14F2N4O2. The summed E-state index contributed by atoms with van der Waals surface area (Å²) in [6, 6.07) is 13.0. The number of nitrogens with zero attached hydrogens (tertiary/aromatic N) is 2. The molecule has 2 N–H and O–H groups in total.